The van der Waals surface area contributed by atoms with E-state index in [2.05, 4.69) is 16.9 Å². The highest BCUT2D eigenvalue weighted by molar-refractivity contribution is 7.22. The number of amides is 4. The molecule has 5 rings (SSSR count). The molecule has 3 heterocycles. The summed E-state index contributed by atoms with van der Waals surface area (Å²) in [5.41, 5.74) is 14.3. The van der Waals surface area contributed by atoms with Gasteiger partial charge in [-0.1, -0.05) is 35.6 Å². The molecule has 6 N–H and O–H groups in total. The van der Waals surface area contributed by atoms with Gasteiger partial charge in [-0.3, -0.25) is 14.6 Å². The Balaban J connectivity index is 1.53. The topological polar surface area (TPSA) is 161 Å². The van der Waals surface area contributed by atoms with Crippen molar-refractivity contribution in [1.82, 2.24) is 30.1 Å². The third-order valence-electron chi connectivity index (χ3n) is 7.03. The average Bonchev–Trinajstić information content (AvgIpc) is 3.45. The quantitative estimate of drug-likeness (QED) is 0.195. The summed E-state index contributed by atoms with van der Waals surface area (Å²) < 4.78 is 0.918. The number of rotatable bonds is 7. The van der Waals surface area contributed by atoms with E-state index in [9.17, 15) is 19.5 Å². The van der Waals surface area contributed by atoms with Gasteiger partial charge in [0.15, 0.2) is 5.13 Å². The Hall–Kier alpha value is -4.36. The lowest BCUT2D eigenvalue weighted by Crippen LogP contribution is -2.65. The van der Waals surface area contributed by atoms with Crippen molar-refractivity contribution in [3.63, 3.8) is 0 Å². The van der Waals surface area contributed by atoms with E-state index in [1.165, 1.54) is 29.5 Å². The molecule has 3 aromatic rings. The number of para-hydroxylation sites is 1. The number of nitrogens with two attached hydrogens (primary N) is 2. The maximum Gasteiger partial charge on any atom is 0.332 e. The molecule has 0 unspecified atom stereocenters. The van der Waals surface area contributed by atoms with Gasteiger partial charge in [-0.2, -0.15) is 5.01 Å². The molecule has 0 spiro atoms. The minimum atomic E-state index is -0.847. The molecule has 13 heteroatoms. The molecule has 0 aliphatic carbocycles. The van der Waals surface area contributed by atoms with Crippen LogP contribution in [0, 0.1) is 0 Å². The zero-order valence-electron chi connectivity index (χ0n) is 21.4. The number of carbonyl (C=O) groups excluding carboxylic acids is 3. The van der Waals surface area contributed by atoms with Crippen molar-refractivity contribution in [2.45, 2.75) is 25.2 Å². The predicted molar refractivity (Wildman–Crippen MR) is 148 cm³/mol. The fourth-order valence-corrected chi connectivity index (χ4v) is 6.04. The number of carbonyl (C=O) groups is 3. The van der Waals surface area contributed by atoms with E-state index in [0.717, 1.165) is 15.8 Å². The lowest BCUT2D eigenvalue weighted by atomic mass is 9.99. The maximum atomic E-state index is 14.0. The van der Waals surface area contributed by atoms with E-state index in [-0.39, 0.29) is 55.9 Å². The third-order valence-corrected chi connectivity index (χ3v) is 7.88. The number of nitrogen functional groups attached to an aromatic ring is 2. The highest BCUT2D eigenvalue weighted by atomic mass is 32.1. The average molecular weight is 551 g/mol. The molecule has 2 fully saturated rings. The molecular weight excluding hydrogens is 520 g/mol. The number of fused-ring (bicyclic) bond motifs is 2. The van der Waals surface area contributed by atoms with Crippen molar-refractivity contribution in [3.05, 3.63) is 60.2 Å². The molecule has 39 heavy (non-hydrogen) atoms. The van der Waals surface area contributed by atoms with Crippen LogP contribution >= 0.6 is 11.3 Å². The first kappa shape index (κ1) is 26.3. The van der Waals surface area contributed by atoms with Crippen LogP contribution in [0.4, 0.5) is 15.6 Å². The Morgan fingerprint density at radius 3 is 2.82 bits per heavy atom. The van der Waals surface area contributed by atoms with Crippen LogP contribution in [0.2, 0.25) is 0 Å². The fourth-order valence-electron chi connectivity index (χ4n) is 5.26. The summed E-state index contributed by atoms with van der Waals surface area (Å²) in [7, 11) is 1.52. The highest BCUT2D eigenvalue weighted by Crippen LogP contribution is 2.33. The molecule has 1 aromatic heterocycles. The molecule has 0 bridgehead atoms. The van der Waals surface area contributed by atoms with E-state index in [4.69, 9.17) is 11.5 Å². The number of hydrogen-bond donors (Lipinski definition) is 4. The number of thiazole rings is 1. The zero-order valence-corrected chi connectivity index (χ0v) is 22.2. The second kappa shape index (κ2) is 10.4. The maximum absolute atomic E-state index is 14.0. The zero-order chi connectivity index (χ0) is 27.8. The lowest BCUT2D eigenvalue weighted by Gasteiger charge is -2.46. The van der Waals surface area contributed by atoms with Gasteiger partial charge in [0.25, 0.3) is 0 Å². The first-order valence-electron chi connectivity index (χ1n) is 12.4. The van der Waals surface area contributed by atoms with Gasteiger partial charge < -0.3 is 31.7 Å². The van der Waals surface area contributed by atoms with E-state index >= 15 is 0 Å². The molecule has 12 nitrogen and oxygen atoms in total. The number of phenolic OH excluding ortho intramolecular Hbond substituents is 1. The summed E-state index contributed by atoms with van der Waals surface area (Å²) in [6.45, 7) is 4.30. The van der Waals surface area contributed by atoms with Crippen molar-refractivity contribution in [1.29, 1.82) is 0 Å². The molecule has 2 aliphatic rings. The number of phenols is 1. The van der Waals surface area contributed by atoms with Crippen LogP contribution in [0.3, 0.4) is 0 Å². The van der Waals surface area contributed by atoms with Crippen molar-refractivity contribution in [2.75, 3.05) is 38.1 Å². The molecule has 4 amide bonds. The van der Waals surface area contributed by atoms with Gasteiger partial charge >= 0.3 is 6.03 Å². The standard InChI is InChI=1S/C26H30N8O4S/c1-3-9-32(26(38)29-2)33-14-22(36)34-18(11-15-7-8-19(35)17(27)10-15)24(37)31(13-21(33)34)12-16-5-4-6-20-23(16)30-25(28)39-20/h3-8,10,18,21,35H,1,9,11-14,27H2,2H3,(H2,28,30)(H,29,38)/t18-,21+/m0/s1. The van der Waals surface area contributed by atoms with Crippen LogP contribution in [0.5, 0.6) is 5.75 Å². The van der Waals surface area contributed by atoms with Gasteiger partial charge in [-0.15, -0.1) is 6.58 Å². The smallest absolute Gasteiger partial charge is 0.332 e. The first-order valence-corrected chi connectivity index (χ1v) is 13.2. The largest absolute Gasteiger partial charge is 0.506 e. The van der Waals surface area contributed by atoms with Crippen LogP contribution in [0.15, 0.2) is 49.1 Å². The van der Waals surface area contributed by atoms with Crippen molar-refractivity contribution < 1.29 is 19.5 Å². The summed E-state index contributed by atoms with van der Waals surface area (Å²) in [4.78, 5) is 47.9. The van der Waals surface area contributed by atoms with Gasteiger partial charge in [0, 0.05) is 20.0 Å². The molecular formula is C26H30N8O4S. The second-order valence-corrected chi connectivity index (χ2v) is 10.5. The second-order valence-electron chi connectivity index (χ2n) is 9.45. The number of aromatic hydroxyl groups is 1. The summed E-state index contributed by atoms with van der Waals surface area (Å²) in [6.07, 6.45) is 1.18. The monoisotopic (exact) mass is 550 g/mol. The molecule has 2 atom stereocenters. The normalized spacial score (nSPS) is 19.4. The SMILES string of the molecule is C=CCN(C(=O)NC)N1CC(=O)N2[C@@H](Cc3ccc(O)c(N)c3)C(=O)N(Cc3cccc4sc(N)nc34)C[C@@H]21. The number of hydrogen-bond acceptors (Lipinski definition) is 9. The third kappa shape index (κ3) is 4.81. The Kier molecular flexibility index (Phi) is 7.02. The number of aromatic nitrogens is 1. The molecule has 0 saturated carbocycles. The Morgan fingerprint density at radius 2 is 2.10 bits per heavy atom. The minimum Gasteiger partial charge on any atom is -0.506 e. The summed E-state index contributed by atoms with van der Waals surface area (Å²) in [6, 6.07) is 9.24. The number of piperazine rings is 1. The molecule has 2 aromatic carbocycles. The van der Waals surface area contributed by atoms with E-state index in [0.29, 0.717) is 10.7 Å². The minimum absolute atomic E-state index is 0.0575. The summed E-state index contributed by atoms with van der Waals surface area (Å²) >= 11 is 1.37. The van der Waals surface area contributed by atoms with Gasteiger partial charge in [-0.05, 0) is 29.3 Å². The number of hydrazine groups is 1. The van der Waals surface area contributed by atoms with Crippen LogP contribution in [0.1, 0.15) is 11.1 Å². The number of benzene rings is 2. The molecule has 2 aliphatic heterocycles. The lowest BCUT2D eigenvalue weighted by molar-refractivity contribution is -0.157. The van der Waals surface area contributed by atoms with Crippen molar-refractivity contribution in [2.24, 2.45) is 0 Å². The van der Waals surface area contributed by atoms with Gasteiger partial charge in [0.05, 0.1) is 35.5 Å². The van der Waals surface area contributed by atoms with E-state index in [1.807, 2.05) is 18.2 Å². The number of nitrogens with one attached hydrogen (secondary N) is 1. The van der Waals surface area contributed by atoms with Crippen molar-refractivity contribution in [3.8, 4) is 5.75 Å². The first-order chi connectivity index (χ1) is 18.7. The summed E-state index contributed by atoms with van der Waals surface area (Å²) in [5, 5.41) is 16.0. The highest BCUT2D eigenvalue weighted by Gasteiger charge is 2.52. The number of nitrogens with zero attached hydrogens (tertiary/aromatic N) is 5. The van der Waals surface area contributed by atoms with Crippen molar-refractivity contribution >= 4 is 50.2 Å². The number of urea groups is 1. The van der Waals surface area contributed by atoms with Crippen LogP contribution in [-0.2, 0) is 22.6 Å². The van der Waals surface area contributed by atoms with Crippen LogP contribution < -0.4 is 16.8 Å². The molecule has 204 valence electrons. The Labute approximate surface area is 229 Å². The van der Waals surface area contributed by atoms with E-state index in [1.54, 1.807) is 33.0 Å². The van der Waals surface area contributed by atoms with E-state index < -0.39 is 18.2 Å². The van der Waals surface area contributed by atoms with Crippen LogP contribution in [0.25, 0.3) is 10.2 Å². The Morgan fingerprint density at radius 1 is 1.31 bits per heavy atom. The predicted octanol–water partition coefficient (Wildman–Crippen LogP) is 1.33. The van der Waals surface area contributed by atoms with Crippen LogP contribution in [-0.4, -0.2) is 86.6 Å². The Bertz CT molecular complexity index is 1460. The van der Waals surface area contributed by atoms with Gasteiger partial charge in [0.2, 0.25) is 11.8 Å². The molecule has 2 saturated heterocycles. The van der Waals surface area contributed by atoms with Gasteiger partial charge in [0.1, 0.15) is 18.0 Å². The fraction of sp³-hybridized carbons (Fsp3) is 0.308. The summed E-state index contributed by atoms with van der Waals surface area (Å²) in [5.74, 6) is -0.557. The van der Waals surface area contributed by atoms with Gasteiger partial charge in [-0.25, -0.2) is 9.78 Å². The molecule has 0 radical (unpaired) electrons. The number of anilines is 2.